The molecule has 4 aliphatic rings. The largest absolute Gasteiger partial charge is 0.471 e. The Bertz CT molecular complexity index is 1040. The number of nitrogens with zero attached hydrogens (tertiary/aromatic N) is 2. The van der Waals surface area contributed by atoms with Gasteiger partial charge in [-0.05, 0) is 55.4 Å². The van der Waals surface area contributed by atoms with E-state index < -0.39 is 63.4 Å². The molecule has 2 spiro atoms. The Balaban J connectivity index is 1.52. The number of halogens is 3. The van der Waals surface area contributed by atoms with Gasteiger partial charge in [0, 0.05) is 17.2 Å². The molecule has 1 saturated carbocycles. The lowest BCUT2D eigenvalue weighted by Crippen LogP contribution is -2.60. The molecule has 3 aliphatic heterocycles. The van der Waals surface area contributed by atoms with Gasteiger partial charge in [0.2, 0.25) is 17.7 Å². The Morgan fingerprint density at radius 1 is 1.18 bits per heavy atom. The van der Waals surface area contributed by atoms with Crippen LogP contribution in [-0.4, -0.2) is 81.5 Å². The van der Waals surface area contributed by atoms with Crippen LogP contribution in [0.2, 0.25) is 0 Å². The summed E-state index contributed by atoms with van der Waals surface area (Å²) in [5.41, 5.74) is -1.22. The molecule has 0 radical (unpaired) electrons. The molecule has 4 atom stereocenters. The molecule has 3 saturated heterocycles. The predicted molar refractivity (Wildman–Crippen MR) is 135 cm³/mol. The molecule has 9 nitrogen and oxygen atoms in total. The number of carbonyl (C=O) groups is 4. The van der Waals surface area contributed by atoms with E-state index in [0.717, 1.165) is 37.2 Å². The Kier molecular flexibility index (Phi) is 7.44. The third-order valence-corrected chi connectivity index (χ3v) is 12.3. The SMILES string of the molecule is CC(C)(C)[C@H](NC(=O)C(F)(F)F)C(=O)N1CS2(CCCC2)C[C@H]1C(=O)N[C@H](C#N)C[C@@H]1CC2(CC2)NC1=O. The molecular formula is C25H36F3N5O4S. The van der Waals surface area contributed by atoms with Crippen LogP contribution >= 0.6 is 10.0 Å². The second-order valence-corrected chi connectivity index (χ2v) is 16.2. The smallest absolute Gasteiger partial charge is 0.350 e. The maximum Gasteiger partial charge on any atom is 0.471 e. The van der Waals surface area contributed by atoms with Crippen molar-refractivity contribution in [1.29, 1.82) is 5.26 Å². The van der Waals surface area contributed by atoms with E-state index in [9.17, 15) is 37.6 Å². The van der Waals surface area contributed by atoms with Crippen LogP contribution in [-0.2, 0) is 19.2 Å². The van der Waals surface area contributed by atoms with E-state index in [1.165, 1.54) is 4.90 Å². The molecule has 212 valence electrons. The van der Waals surface area contributed by atoms with Crippen molar-refractivity contribution in [2.24, 2.45) is 11.3 Å². The first-order chi connectivity index (χ1) is 17.6. The summed E-state index contributed by atoms with van der Waals surface area (Å²) in [6.07, 6.45) is -0.661. The minimum absolute atomic E-state index is 0.127. The quantitative estimate of drug-likeness (QED) is 0.458. The summed E-state index contributed by atoms with van der Waals surface area (Å²) in [5.74, 6) is -1.58. The zero-order valence-electron chi connectivity index (χ0n) is 22.0. The average Bonchev–Trinajstić information content (AvgIpc) is 3.15. The van der Waals surface area contributed by atoms with Crippen molar-refractivity contribution < 1.29 is 32.3 Å². The molecule has 0 aromatic carbocycles. The lowest BCUT2D eigenvalue weighted by Gasteiger charge is -2.36. The van der Waals surface area contributed by atoms with Gasteiger partial charge in [-0.1, -0.05) is 20.8 Å². The molecule has 3 N–H and O–H groups in total. The zero-order chi connectivity index (χ0) is 28.1. The summed E-state index contributed by atoms with van der Waals surface area (Å²) in [6.45, 7) is 4.67. The van der Waals surface area contributed by atoms with Gasteiger partial charge in [0.15, 0.2) is 0 Å². The number of hydrogen-bond acceptors (Lipinski definition) is 5. The normalized spacial score (nSPS) is 27.9. The van der Waals surface area contributed by atoms with E-state index in [-0.39, 0.29) is 23.7 Å². The Hall–Kier alpha value is -2.49. The van der Waals surface area contributed by atoms with Gasteiger partial charge in [-0.15, -0.1) is 0 Å². The van der Waals surface area contributed by atoms with Crippen molar-refractivity contribution in [1.82, 2.24) is 20.9 Å². The fraction of sp³-hybridized carbons (Fsp3) is 0.800. The summed E-state index contributed by atoms with van der Waals surface area (Å²) in [7, 11) is -1.37. The molecule has 4 fully saturated rings. The van der Waals surface area contributed by atoms with Crippen LogP contribution in [0.15, 0.2) is 0 Å². The van der Waals surface area contributed by atoms with Crippen molar-refractivity contribution in [3.05, 3.63) is 0 Å². The van der Waals surface area contributed by atoms with Crippen LogP contribution in [0.3, 0.4) is 0 Å². The minimum Gasteiger partial charge on any atom is -0.350 e. The molecule has 0 aromatic heterocycles. The van der Waals surface area contributed by atoms with E-state index in [1.807, 2.05) is 5.32 Å². The maximum absolute atomic E-state index is 13.7. The minimum atomic E-state index is -5.16. The molecular weight excluding hydrogens is 523 g/mol. The predicted octanol–water partition coefficient (Wildman–Crippen LogP) is 1.91. The monoisotopic (exact) mass is 559 g/mol. The first-order valence-corrected chi connectivity index (χ1v) is 15.3. The Morgan fingerprint density at radius 2 is 1.82 bits per heavy atom. The summed E-state index contributed by atoms with van der Waals surface area (Å²) in [5, 5.41) is 17.3. The Labute approximate surface area is 221 Å². The van der Waals surface area contributed by atoms with Gasteiger partial charge in [0.1, 0.15) is 18.1 Å². The first-order valence-electron chi connectivity index (χ1n) is 13.0. The molecule has 0 aromatic rings. The standard InChI is InChI=1S/C25H36F3N5O4S/c1-23(2,3)18(31-22(37)25(26,27)28)21(36)33-14-38(8-4-5-9-38)13-17(33)20(35)30-16(12-29)10-15-11-24(6-7-24)32-19(15)34/h15-18H,4-11,13-14H2,1-3H3,(H,30,35)(H,31,37)(H,32,34)/t15-,16+,17+,18-/m1/s1. The molecule has 38 heavy (non-hydrogen) atoms. The molecule has 4 amide bonds. The van der Waals surface area contributed by atoms with Crippen LogP contribution < -0.4 is 16.0 Å². The number of nitriles is 1. The summed E-state index contributed by atoms with van der Waals surface area (Å²) in [6, 6.07) is -1.33. The van der Waals surface area contributed by atoms with E-state index in [1.54, 1.807) is 20.8 Å². The van der Waals surface area contributed by atoms with Gasteiger partial charge in [-0.2, -0.15) is 18.4 Å². The van der Waals surface area contributed by atoms with Crippen molar-refractivity contribution >= 4 is 33.7 Å². The maximum atomic E-state index is 13.7. The topological polar surface area (TPSA) is 131 Å². The first kappa shape index (κ1) is 28.5. The number of alkyl halides is 3. The number of amides is 4. The van der Waals surface area contributed by atoms with Gasteiger partial charge in [0.05, 0.1) is 11.9 Å². The van der Waals surface area contributed by atoms with Crippen molar-refractivity contribution in [3.63, 3.8) is 0 Å². The van der Waals surface area contributed by atoms with E-state index in [4.69, 9.17) is 0 Å². The zero-order valence-corrected chi connectivity index (χ0v) is 22.8. The highest BCUT2D eigenvalue weighted by molar-refractivity contribution is 8.34. The highest BCUT2D eigenvalue weighted by atomic mass is 32.3. The molecule has 0 unspecified atom stereocenters. The summed E-state index contributed by atoms with van der Waals surface area (Å²) >= 11 is 0. The highest BCUT2D eigenvalue weighted by Gasteiger charge is 2.54. The van der Waals surface area contributed by atoms with Crippen LogP contribution in [0.1, 0.15) is 59.3 Å². The molecule has 13 heteroatoms. The molecule has 4 rings (SSSR count). The molecule has 1 aliphatic carbocycles. The van der Waals surface area contributed by atoms with E-state index in [2.05, 4.69) is 16.7 Å². The van der Waals surface area contributed by atoms with Gasteiger partial charge >= 0.3 is 12.1 Å². The summed E-state index contributed by atoms with van der Waals surface area (Å²) in [4.78, 5) is 52.7. The van der Waals surface area contributed by atoms with Gasteiger partial charge in [-0.3, -0.25) is 19.2 Å². The number of hydrogen-bond donors (Lipinski definition) is 3. The van der Waals surface area contributed by atoms with E-state index in [0.29, 0.717) is 12.2 Å². The van der Waals surface area contributed by atoms with Gasteiger partial charge < -0.3 is 20.9 Å². The number of rotatable bonds is 6. The van der Waals surface area contributed by atoms with E-state index >= 15 is 0 Å². The molecule has 0 bridgehead atoms. The van der Waals surface area contributed by atoms with Gasteiger partial charge in [-0.25, -0.2) is 10.0 Å². The van der Waals surface area contributed by atoms with Crippen LogP contribution in [0.4, 0.5) is 13.2 Å². The Morgan fingerprint density at radius 3 is 2.32 bits per heavy atom. The lowest BCUT2D eigenvalue weighted by molar-refractivity contribution is -0.176. The second-order valence-electron chi connectivity index (χ2n) is 12.3. The second kappa shape index (κ2) is 9.92. The summed E-state index contributed by atoms with van der Waals surface area (Å²) < 4.78 is 39.2. The van der Waals surface area contributed by atoms with Crippen molar-refractivity contribution in [2.45, 2.75) is 89.1 Å². The fourth-order valence-electron chi connectivity index (χ4n) is 5.88. The lowest BCUT2D eigenvalue weighted by atomic mass is 9.85. The third kappa shape index (κ3) is 5.90. The van der Waals surface area contributed by atoms with Crippen molar-refractivity contribution in [2.75, 3.05) is 23.1 Å². The highest BCUT2D eigenvalue weighted by Crippen LogP contribution is 2.59. The fourth-order valence-corrected chi connectivity index (χ4v) is 10.3. The number of nitrogens with one attached hydrogen (secondary N) is 3. The molecule has 3 heterocycles. The van der Waals surface area contributed by atoms with Crippen LogP contribution in [0.5, 0.6) is 0 Å². The third-order valence-electron chi connectivity index (χ3n) is 8.18. The number of carbonyl (C=O) groups excluding carboxylic acids is 4. The average molecular weight is 560 g/mol. The van der Waals surface area contributed by atoms with Crippen LogP contribution in [0.25, 0.3) is 0 Å². The van der Waals surface area contributed by atoms with Crippen LogP contribution in [0, 0.1) is 22.7 Å². The van der Waals surface area contributed by atoms with Gasteiger partial charge in [0.25, 0.3) is 0 Å². The van der Waals surface area contributed by atoms with Crippen molar-refractivity contribution in [3.8, 4) is 6.07 Å².